The topological polar surface area (TPSA) is 133 Å². The summed E-state index contributed by atoms with van der Waals surface area (Å²) in [6, 6.07) is 0. The lowest BCUT2D eigenvalue weighted by Gasteiger charge is -2.24. The molecular weight excluding hydrogens is 414 g/mol. The zero-order valence-corrected chi connectivity index (χ0v) is 18.6. The lowest BCUT2D eigenvalue weighted by Crippen LogP contribution is -2.30. The van der Waals surface area contributed by atoms with Crippen LogP contribution in [0.1, 0.15) is 53.2 Å². The number of aromatic nitrogens is 4. The van der Waals surface area contributed by atoms with Gasteiger partial charge in [0, 0.05) is 11.2 Å². The molecule has 0 bridgehead atoms. The van der Waals surface area contributed by atoms with Crippen molar-refractivity contribution in [2.75, 3.05) is 5.94 Å². The van der Waals surface area contributed by atoms with Gasteiger partial charge in [0.2, 0.25) is 0 Å². The Morgan fingerprint density at radius 3 is 2.93 bits per heavy atom. The van der Waals surface area contributed by atoms with Crippen LogP contribution >= 0.6 is 0 Å². The van der Waals surface area contributed by atoms with Gasteiger partial charge in [-0.05, 0) is 17.6 Å². The molecule has 0 radical (unpaired) electrons. The first-order chi connectivity index (χ1) is 13.7. The van der Waals surface area contributed by atoms with Gasteiger partial charge in [-0.1, -0.05) is 53.9 Å². The summed E-state index contributed by atoms with van der Waals surface area (Å²) in [6.45, 7) is 8.49. The Bertz CT molecular complexity index is 966. The van der Waals surface area contributed by atoms with Crippen molar-refractivity contribution in [2.24, 2.45) is 16.2 Å². The molecule has 3 heterocycles. The Hall–Kier alpha value is -1.76. The van der Waals surface area contributed by atoms with Gasteiger partial charge in [-0.15, -0.1) is 0 Å². The molecule has 0 aliphatic carbocycles. The molecule has 0 aromatic carbocycles. The molecule has 29 heavy (non-hydrogen) atoms. The second-order valence-corrected chi connectivity index (χ2v) is 11.2. The molecule has 12 heteroatoms. The van der Waals surface area contributed by atoms with Crippen molar-refractivity contribution in [3.63, 3.8) is 0 Å². The summed E-state index contributed by atoms with van der Waals surface area (Å²) >= 11 is 5.61. The van der Waals surface area contributed by atoms with Crippen molar-refractivity contribution in [1.82, 2.24) is 19.5 Å². The van der Waals surface area contributed by atoms with Crippen LogP contribution < -0.4 is 11.4 Å². The molecule has 0 saturated carbocycles. The smallest absolute Gasteiger partial charge is 0.280 e. The van der Waals surface area contributed by atoms with Crippen LogP contribution in [0.15, 0.2) is 21.5 Å². The SMILES string of the molecule is CCC[C@H]1O[C@@H](n2cnc3c(=O)[nH]c(N=NN)nc32)C[C@H]1OCS(=S)C(C)(C)C. The number of aromatic amines is 1. The maximum Gasteiger partial charge on any atom is 0.280 e. The van der Waals surface area contributed by atoms with Crippen LogP contribution in [0.25, 0.3) is 11.2 Å². The third-order valence-corrected chi connectivity index (χ3v) is 8.21. The first-order valence-electron chi connectivity index (χ1n) is 9.48. The Labute approximate surface area is 175 Å². The van der Waals surface area contributed by atoms with E-state index in [1.165, 1.54) is 0 Å². The van der Waals surface area contributed by atoms with Gasteiger partial charge < -0.3 is 15.3 Å². The largest absolute Gasteiger partial charge is 0.364 e. The monoisotopic (exact) mass is 441 g/mol. The minimum Gasteiger partial charge on any atom is -0.364 e. The summed E-state index contributed by atoms with van der Waals surface area (Å²) in [4.78, 5) is 23.2. The van der Waals surface area contributed by atoms with E-state index in [2.05, 4.69) is 53.0 Å². The van der Waals surface area contributed by atoms with Gasteiger partial charge in [0.25, 0.3) is 11.5 Å². The molecule has 2 aromatic rings. The fraction of sp³-hybridized carbons (Fsp3) is 0.706. The highest BCUT2D eigenvalue weighted by Crippen LogP contribution is 2.34. The predicted molar refractivity (Wildman–Crippen MR) is 115 cm³/mol. The zero-order chi connectivity index (χ0) is 21.2. The van der Waals surface area contributed by atoms with Crippen LogP contribution in [-0.2, 0) is 30.1 Å². The van der Waals surface area contributed by atoms with Crippen molar-refractivity contribution in [3.8, 4) is 0 Å². The zero-order valence-electron chi connectivity index (χ0n) is 17.0. The fourth-order valence-corrected chi connectivity index (χ4v) is 3.96. The third kappa shape index (κ3) is 4.87. The van der Waals surface area contributed by atoms with E-state index in [0.717, 1.165) is 12.8 Å². The average Bonchev–Trinajstić information content (AvgIpc) is 3.23. The van der Waals surface area contributed by atoms with E-state index in [-0.39, 0.29) is 44.1 Å². The lowest BCUT2D eigenvalue weighted by molar-refractivity contribution is -0.0326. The normalized spacial score (nSPS) is 23.9. The first-order valence-corrected chi connectivity index (χ1v) is 11.8. The summed E-state index contributed by atoms with van der Waals surface area (Å²) in [6.07, 6.45) is 3.53. The number of nitrogens with two attached hydrogens (primary N) is 1. The number of ether oxygens (including phenoxy) is 2. The standard InChI is InChI=1S/C17H27N7O3S2/c1-5-6-10-11(26-9-29(28)17(2,3)4)7-12(27-10)24-8-19-13-14(24)20-16(22-23-18)21-15(13)25/h8,10-12H,5-7,9H2,1-4H3,(H3,18,20,21,22,25)/t10-,11-,12-,29?/m1/s1. The van der Waals surface area contributed by atoms with Crippen LogP contribution in [0.2, 0.25) is 0 Å². The van der Waals surface area contributed by atoms with E-state index in [4.69, 9.17) is 26.5 Å². The number of hydrogen-bond donors (Lipinski definition) is 2. The van der Waals surface area contributed by atoms with E-state index < -0.39 is 5.56 Å². The lowest BCUT2D eigenvalue weighted by atomic mass is 10.1. The van der Waals surface area contributed by atoms with Crippen molar-refractivity contribution < 1.29 is 9.47 Å². The third-order valence-electron chi connectivity index (χ3n) is 4.71. The number of imidazole rings is 1. The van der Waals surface area contributed by atoms with Gasteiger partial charge in [-0.2, -0.15) is 4.98 Å². The van der Waals surface area contributed by atoms with Crippen molar-refractivity contribution in [3.05, 3.63) is 16.7 Å². The highest BCUT2D eigenvalue weighted by Gasteiger charge is 2.37. The predicted octanol–water partition coefficient (Wildman–Crippen LogP) is 2.39. The van der Waals surface area contributed by atoms with Gasteiger partial charge in [-0.3, -0.25) is 14.3 Å². The Kier molecular flexibility index (Phi) is 6.76. The Morgan fingerprint density at radius 2 is 2.28 bits per heavy atom. The average molecular weight is 442 g/mol. The van der Waals surface area contributed by atoms with E-state index >= 15 is 0 Å². The molecule has 1 aliphatic rings. The van der Waals surface area contributed by atoms with Crippen molar-refractivity contribution in [2.45, 2.75) is 70.1 Å². The van der Waals surface area contributed by atoms with Crippen LogP contribution in [0.3, 0.4) is 0 Å². The highest BCUT2D eigenvalue weighted by molar-refractivity contribution is 8.29. The highest BCUT2D eigenvalue weighted by atomic mass is 32.8. The van der Waals surface area contributed by atoms with Gasteiger partial charge >= 0.3 is 0 Å². The van der Waals surface area contributed by atoms with Crippen LogP contribution in [0.5, 0.6) is 0 Å². The molecule has 10 nitrogen and oxygen atoms in total. The van der Waals surface area contributed by atoms with E-state index in [1.54, 1.807) is 10.9 Å². The number of nitrogens with one attached hydrogen (secondary N) is 1. The molecule has 4 atom stereocenters. The molecule has 3 N–H and O–H groups in total. The van der Waals surface area contributed by atoms with E-state index in [0.29, 0.717) is 18.0 Å². The van der Waals surface area contributed by atoms with Gasteiger partial charge in [0.05, 0.1) is 24.5 Å². The van der Waals surface area contributed by atoms with E-state index in [9.17, 15) is 4.79 Å². The van der Waals surface area contributed by atoms with Crippen LogP contribution in [0.4, 0.5) is 5.95 Å². The van der Waals surface area contributed by atoms with Crippen molar-refractivity contribution in [1.29, 1.82) is 0 Å². The first kappa shape index (κ1) is 21.9. The second-order valence-electron chi connectivity index (χ2n) is 7.86. The quantitative estimate of drug-likeness (QED) is 0.383. The number of H-pyrrole nitrogens is 1. The number of rotatable bonds is 7. The Morgan fingerprint density at radius 1 is 1.52 bits per heavy atom. The maximum atomic E-state index is 12.2. The maximum absolute atomic E-state index is 12.2. The van der Waals surface area contributed by atoms with Crippen LogP contribution in [-0.4, -0.2) is 42.4 Å². The van der Waals surface area contributed by atoms with Crippen molar-refractivity contribution >= 4 is 37.8 Å². The second kappa shape index (κ2) is 8.94. The summed E-state index contributed by atoms with van der Waals surface area (Å²) in [5, 5.41) is 6.79. The van der Waals surface area contributed by atoms with Gasteiger partial charge in [0.15, 0.2) is 11.2 Å². The molecule has 1 fully saturated rings. The molecule has 1 unspecified atom stereocenters. The summed E-state index contributed by atoms with van der Waals surface area (Å²) in [7, 11) is -0.287. The molecule has 0 spiro atoms. The molecule has 2 aromatic heterocycles. The van der Waals surface area contributed by atoms with Gasteiger partial charge in [0.1, 0.15) is 6.23 Å². The molecule has 3 rings (SSSR count). The minimum absolute atomic E-state index is 0.0166. The number of fused-ring (bicyclic) bond motifs is 1. The molecule has 1 saturated heterocycles. The van der Waals surface area contributed by atoms with Gasteiger partial charge in [-0.25, -0.2) is 4.98 Å². The number of hydrogen-bond acceptors (Lipinski definition) is 8. The van der Waals surface area contributed by atoms with E-state index in [1.807, 2.05) is 0 Å². The van der Waals surface area contributed by atoms with Crippen LogP contribution in [0, 0.1) is 0 Å². The molecule has 1 aliphatic heterocycles. The fourth-order valence-electron chi connectivity index (χ4n) is 3.14. The summed E-state index contributed by atoms with van der Waals surface area (Å²) in [5.74, 6) is 5.61. The summed E-state index contributed by atoms with van der Waals surface area (Å²) < 4.78 is 14.2. The molecule has 0 amide bonds. The number of nitrogens with zero attached hydrogens (tertiary/aromatic N) is 5. The molecular formula is C17H27N7O3S2. The summed E-state index contributed by atoms with van der Waals surface area (Å²) in [5.41, 5.74) is 0.169. The Balaban J connectivity index is 1.84. The minimum atomic E-state index is -0.410. The molecule has 160 valence electrons.